The molecule has 0 atom stereocenters. The SMILES string of the molecule is Cc1cc(S(=O)(=O)c2cc(C)c(O)c(C)c2C)c(C)cc1O. The molecule has 0 bridgehead atoms. The number of sulfone groups is 1. The van der Waals surface area contributed by atoms with E-state index in [0.29, 0.717) is 27.8 Å². The Labute approximate surface area is 131 Å². The molecular weight excluding hydrogens is 300 g/mol. The van der Waals surface area contributed by atoms with E-state index in [9.17, 15) is 18.6 Å². The predicted octanol–water partition coefficient (Wildman–Crippen LogP) is 3.47. The molecule has 0 aliphatic rings. The van der Waals surface area contributed by atoms with Crippen LogP contribution in [0.4, 0.5) is 0 Å². The van der Waals surface area contributed by atoms with Crippen LogP contribution in [0.25, 0.3) is 0 Å². The number of phenolic OH excluding ortho intramolecular Hbond substituents is 2. The van der Waals surface area contributed by atoms with Gasteiger partial charge in [0.15, 0.2) is 0 Å². The molecule has 4 nitrogen and oxygen atoms in total. The lowest BCUT2D eigenvalue weighted by atomic mass is 10.1. The number of phenols is 2. The number of rotatable bonds is 2. The van der Waals surface area contributed by atoms with E-state index in [1.165, 1.54) is 18.2 Å². The van der Waals surface area contributed by atoms with Gasteiger partial charge in [-0.15, -0.1) is 0 Å². The van der Waals surface area contributed by atoms with Crippen LogP contribution in [0.2, 0.25) is 0 Å². The van der Waals surface area contributed by atoms with E-state index in [0.717, 1.165) is 0 Å². The van der Waals surface area contributed by atoms with Crippen LogP contribution in [-0.4, -0.2) is 18.6 Å². The second kappa shape index (κ2) is 5.32. The Morgan fingerprint density at radius 3 is 1.86 bits per heavy atom. The van der Waals surface area contributed by atoms with Gasteiger partial charge in [-0.25, -0.2) is 8.42 Å². The first-order valence-corrected chi connectivity index (χ1v) is 8.40. The Morgan fingerprint density at radius 2 is 1.27 bits per heavy atom. The van der Waals surface area contributed by atoms with Gasteiger partial charge in [0.1, 0.15) is 11.5 Å². The maximum atomic E-state index is 13.0. The smallest absolute Gasteiger partial charge is 0.207 e. The minimum atomic E-state index is -3.72. The van der Waals surface area contributed by atoms with E-state index >= 15 is 0 Å². The van der Waals surface area contributed by atoms with Crippen molar-refractivity contribution in [1.29, 1.82) is 0 Å². The summed E-state index contributed by atoms with van der Waals surface area (Å²) >= 11 is 0. The van der Waals surface area contributed by atoms with E-state index in [-0.39, 0.29) is 21.3 Å². The summed E-state index contributed by atoms with van der Waals surface area (Å²) in [6.45, 7) is 8.38. The van der Waals surface area contributed by atoms with Gasteiger partial charge in [0.25, 0.3) is 0 Å². The standard InChI is InChI=1S/C17H20O4S/c1-9-7-15(10(2)6-14(9)18)22(20,21)16-8-11(3)17(19)13(5)12(16)4/h6-8,18-19H,1-5H3. The highest BCUT2D eigenvalue weighted by molar-refractivity contribution is 7.91. The molecule has 0 aliphatic carbocycles. The molecule has 2 rings (SSSR count). The van der Waals surface area contributed by atoms with Gasteiger partial charge < -0.3 is 10.2 Å². The van der Waals surface area contributed by atoms with Crippen LogP contribution in [0, 0.1) is 34.6 Å². The molecule has 0 fully saturated rings. The largest absolute Gasteiger partial charge is 0.508 e. The fourth-order valence-corrected chi connectivity index (χ4v) is 4.43. The average Bonchev–Trinajstić information content (AvgIpc) is 2.44. The van der Waals surface area contributed by atoms with Crippen molar-refractivity contribution in [2.45, 2.75) is 44.4 Å². The highest BCUT2D eigenvalue weighted by Gasteiger charge is 2.25. The summed E-state index contributed by atoms with van der Waals surface area (Å²) in [6, 6.07) is 4.43. The van der Waals surface area contributed by atoms with Crippen LogP contribution in [-0.2, 0) is 9.84 Å². The van der Waals surface area contributed by atoms with Crippen LogP contribution >= 0.6 is 0 Å². The highest BCUT2D eigenvalue weighted by Crippen LogP contribution is 2.35. The van der Waals surface area contributed by atoms with Crippen LogP contribution in [0.3, 0.4) is 0 Å². The summed E-state index contributed by atoms with van der Waals surface area (Å²) in [6.07, 6.45) is 0. The summed E-state index contributed by atoms with van der Waals surface area (Å²) < 4.78 is 26.0. The van der Waals surface area contributed by atoms with Gasteiger partial charge in [-0.05, 0) is 80.6 Å². The molecule has 118 valence electrons. The molecule has 0 spiro atoms. The first-order chi connectivity index (χ1) is 10.1. The normalized spacial score (nSPS) is 11.7. The summed E-state index contributed by atoms with van der Waals surface area (Å²) in [4.78, 5) is 0.365. The van der Waals surface area contributed by atoms with Crippen molar-refractivity contribution in [2.24, 2.45) is 0 Å². The number of aryl methyl sites for hydroxylation is 3. The van der Waals surface area contributed by atoms with Crippen LogP contribution in [0.15, 0.2) is 28.0 Å². The zero-order chi connectivity index (χ0) is 16.8. The molecule has 0 unspecified atom stereocenters. The summed E-state index contributed by atoms with van der Waals surface area (Å²) in [5, 5.41) is 19.7. The Morgan fingerprint density at radius 1 is 0.727 bits per heavy atom. The summed E-state index contributed by atoms with van der Waals surface area (Å²) in [7, 11) is -3.72. The van der Waals surface area contributed by atoms with Gasteiger partial charge in [-0.2, -0.15) is 0 Å². The van der Waals surface area contributed by atoms with Gasteiger partial charge in [-0.1, -0.05) is 0 Å². The number of hydrogen-bond donors (Lipinski definition) is 2. The number of aromatic hydroxyl groups is 2. The molecule has 2 aromatic rings. The first kappa shape index (κ1) is 16.4. The topological polar surface area (TPSA) is 74.6 Å². The fraction of sp³-hybridized carbons (Fsp3) is 0.294. The lowest BCUT2D eigenvalue weighted by molar-refractivity contribution is 0.465. The fourth-order valence-electron chi connectivity index (χ4n) is 2.49. The molecule has 0 saturated carbocycles. The minimum absolute atomic E-state index is 0.0752. The second-order valence-electron chi connectivity index (χ2n) is 5.70. The van der Waals surface area contributed by atoms with Crippen molar-refractivity contribution in [1.82, 2.24) is 0 Å². The average molecular weight is 320 g/mol. The van der Waals surface area contributed by atoms with Crippen molar-refractivity contribution in [3.63, 3.8) is 0 Å². The third-order valence-corrected chi connectivity index (χ3v) is 6.10. The second-order valence-corrected chi connectivity index (χ2v) is 7.58. The van der Waals surface area contributed by atoms with Gasteiger partial charge in [0.2, 0.25) is 9.84 Å². The molecule has 0 heterocycles. The Kier molecular flexibility index (Phi) is 3.96. The molecule has 0 aliphatic heterocycles. The van der Waals surface area contributed by atoms with Gasteiger partial charge in [0, 0.05) is 0 Å². The van der Waals surface area contributed by atoms with Crippen molar-refractivity contribution >= 4 is 9.84 Å². The Bertz CT molecular complexity index is 865. The van der Waals surface area contributed by atoms with Crippen molar-refractivity contribution < 1.29 is 18.6 Å². The van der Waals surface area contributed by atoms with Gasteiger partial charge in [-0.3, -0.25) is 0 Å². The van der Waals surface area contributed by atoms with E-state index in [4.69, 9.17) is 0 Å². The van der Waals surface area contributed by atoms with E-state index in [1.807, 2.05) is 0 Å². The molecule has 22 heavy (non-hydrogen) atoms. The molecular formula is C17H20O4S. The minimum Gasteiger partial charge on any atom is -0.508 e. The Balaban J connectivity index is 2.80. The number of hydrogen-bond acceptors (Lipinski definition) is 4. The summed E-state index contributed by atoms with van der Waals surface area (Å²) in [5.74, 6) is 0.196. The maximum Gasteiger partial charge on any atom is 0.207 e. The number of benzene rings is 2. The lowest BCUT2D eigenvalue weighted by Crippen LogP contribution is -2.08. The highest BCUT2D eigenvalue weighted by atomic mass is 32.2. The molecule has 0 aromatic heterocycles. The van der Waals surface area contributed by atoms with Crippen LogP contribution < -0.4 is 0 Å². The maximum absolute atomic E-state index is 13.0. The first-order valence-electron chi connectivity index (χ1n) is 6.92. The summed E-state index contributed by atoms with van der Waals surface area (Å²) in [5.41, 5.74) is 2.62. The van der Waals surface area contributed by atoms with Gasteiger partial charge in [0.05, 0.1) is 9.79 Å². The third-order valence-electron chi connectivity index (χ3n) is 4.08. The third kappa shape index (κ3) is 2.46. The Hall–Kier alpha value is -2.01. The predicted molar refractivity (Wildman–Crippen MR) is 85.4 cm³/mol. The van der Waals surface area contributed by atoms with Gasteiger partial charge >= 0.3 is 0 Å². The van der Waals surface area contributed by atoms with E-state index in [2.05, 4.69) is 0 Å². The van der Waals surface area contributed by atoms with Crippen molar-refractivity contribution in [3.05, 3.63) is 46.0 Å². The van der Waals surface area contributed by atoms with Crippen LogP contribution in [0.1, 0.15) is 27.8 Å². The molecule has 5 heteroatoms. The molecule has 0 radical (unpaired) electrons. The quantitative estimate of drug-likeness (QED) is 0.888. The lowest BCUT2D eigenvalue weighted by Gasteiger charge is -2.15. The molecule has 0 amide bonds. The van der Waals surface area contributed by atoms with Crippen molar-refractivity contribution in [3.8, 4) is 11.5 Å². The van der Waals surface area contributed by atoms with Crippen LogP contribution in [0.5, 0.6) is 11.5 Å². The zero-order valence-electron chi connectivity index (χ0n) is 13.4. The van der Waals surface area contributed by atoms with E-state index < -0.39 is 9.84 Å². The monoisotopic (exact) mass is 320 g/mol. The molecule has 2 aromatic carbocycles. The van der Waals surface area contributed by atoms with E-state index in [1.54, 1.807) is 34.6 Å². The molecule has 2 N–H and O–H groups in total. The molecule has 0 saturated heterocycles. The zero-order valence-corrected chi connectivity index (χ0v) is 14.2. The van der Waals surface area contributed by atoms with Crippen molar-refractivity contribution in [2.75, 3.05) is 0 Å².